The van der Waals surface area contributed by atoms with E-state index < -0.39 is 9.84 Å². The average molecular weight is 353 g/mol. The highest BCUT2D eigenvalue weighted by molar-refractivity contribution is 7.91. The number of hydrogen-bond acceptors (Lipinski definition) is 4. The van der Waals surface area contributed by atoms with E-state index in [9.17, 15) is 8.42 Å². The van der Waals surface area contributed by atoms with Crippen LogP contribution < -0.4 is 11.1 Å². The van der Waals surface area contributed by atoms with Crippen molar-refractivity contribution in [1.82, 2.24) is 4.90 Å². The van der Waals surface area contributed by atoms with Crippen LogP contribution in [0.4, 0.5) is 5.69 Å². The third-order valence-electron chi connectivity index (χ3n) is 4.50. The van der Waals surface area contributed by atoms with Gasteiger partial charge >= 0.3 is 0 Å². The zero-order valence-electron chi connectivity index (χ0n) is 14.5. The van der Waals surface area contributed by atoms with Gasteiger partial charge in [-0.25, -0.2) is 8.42 Å². The summed E-state index contributed by atoms with van der Waals surface area (Å²) in [6.45, 7) is 6.85. The van der Waals surface area contributed by atoms with Crippen LogP contribution in [0.5, 0.6) is 0 Å². The molecule has 1 aliphatic rings. The molecule has 0 aromatic heterocycles. The van der Waals surface area contributed by atoms with E-state index in [1.165, 1.54) is 5.56 Å². The number of guanidine groups is 1. The Morgan fingerprint density at radius 1 is 1.29 bits per heavy atom. The Hall–Kier alpha value is -1.60. The van der Waals surface area contributed by atoms with Gasteiger partial charge in [-0.15, -0.1) is 0 Å². The average Bonchev–Trinajstić information content (AvgIpc) is 2.56. The molecular formula is C17H28N4O2S. The van der Waals surface area contributed by atoms with Crippen LogP contribution in [0, 0.1) is 0 Å². The van der Waals surface area contributed by atoms with Gasteiger partial charge in [0.2, 0.25) is 0 Å². The summed E-state index contributed by atoms with van der Waals surface area (Å²) in [5.74, 6) is 1.43. The summed E-state index contributed by atoms with van der Waals surface area (Å²) in [6, 6.07) is 8.24. The third kappa shape index (κ3) is 5.79. The summed E-state index contributed by atoms with van der Waals surface area (Å²) in [5.41, 5.74) is 8.15. The monoisotopic (exact) mass is 352 g/mol. The highest BCUT2D eigenvalue weighted by atomic mass is 32.2. The SMILES string of the molecule is CCC(C)c1ccc(NC(N)=NCCN2CCS(=O)(=O)CC2)cc1. The van der Waals surface area contributed by atoms with E-state index in [4.69, 9.17) is 5.73 Å². The summed E-state index contributed by atoms with van der Waals surface area (Å²) in [7, 11) is -2.82. The van der Waals surface area contributed by atoms with E-state index in [1.54, 1.807) is 0 Å². The minimum absolute atomic E-state index is 0.243. The van der Waals surface area contributed by atoms with Crippen LogP contribution in [0.3, 0.4) is 0 Å². The number of nitrogens with two attached hydrogens (primary N) is 1. The number of anilines is 1. The lowest BCUT2D eigenvalue weighted by Crippen LogP contribution is -2.41. The molecule has 0 spiro atoms. The highest BCUT2D eigenvalue weighted by Crippen LogP contribution is 2.20. The van der Waals surface area contributed by atoms with Gasteiger partial charge in [-0.05, 0) is 30.0 Å². The van der Waals surface area contributed by atoms with Gasteiger partial charge in [0, 0.05) is 25.3 Å². The molecule has 6 nitrogen and oxygen atoms in total. The Morgan fingerprint density at radius 3 is 2.50 bits per heavy atom. The quantitative estimate of drug-likeness (QED) is 0.600. The lowest BCUT2D eigenvalue weighted by Gasteiger charge is -2.25. The number of nitrogens with one attached hydrogen (secondary N) is 1. The molecule has 134 valence electrons. The summed E-state index contributed by atoms with van der Waals surface area (Å²) in [4.78, 5) is 6.43. The van der Waals surface area contributed by atoms with Gasteiger partial charge in [-0.3, -0.25) is 9.89 Å². The Morgan fingerprint density at radius 2 is 1.92 bits per heavy atom. The molecule has 0 aliphatic carbocycles. The number of hydrogen-bond donors (Lipinski definition) is 2. The van der Waals surface area contributed by atoms with Crippen molar-refractivity contribution in [2.75, 3.05) is 43.0 Å². The van der Waals surface area contributed by atoms with E-state index in [0.29, 0.717) is 31.5 Å². The van der Waals surface area contributed by atoms with Gasteiger partial charge in [-0.1, -0.05) is 26.0 Å². The smallest absolute Gasteiger partial charge is 0.193 e. The number of aliphatic imine (C=N–C) groups is 1. The molecule has 1 fully saturated rings. The molecule has 3 N–H and O–H groups in total. The second-order valence-electron chi connectivity index (χ2n) is 6.32. The summed E-state index contributed by atoms with van der Waals surface area (Å²) >= 11 is 0. The predicted octanol–water partition coefficient (Wildman–Crippen LogP) is 1.66. The van der Waals surface area contributed by atoms with Gasteiger partial charge in [0.25, 0.3) is 0 Å². The maximum atomic E-state index is 11.4. The molecule has 0 saturated carbocycles. The number of sulfone groups is 1. The molecule has 7 heteroatoms. The first-order valence-corrected chi connectivity index (χ1v) is 10.3. The van der Waals surface area contributed by atoms with Crippen molar-refractivity contribution < 1.29 is 8.42 Å². The second kappa shape index (κ2) is 8.48. The first-order valence-electron chi connectivity index (χ1n) is 8.49. The van der Waals surface area contributed by atoms with Crippen molar-refractivity contribution in [2.24, 2.45) is 10.7 Å². The molecule has 1 atom stereocenters. The van der Waals surface area contributed by atoms with Crippen molar-refractivity contribution in [2.45, 2.75) is 26.2 Å². The van der Waals surface area contributed by atoms with Crippen LogP contribution in [0.2, 0.25) is 0 Å². The van der Waals surface area contributed by atoms with Gasteiger partial charge < -0.3 is 11.1 Å². The van der Waals surface area contributed by atoms with Crippen LogP contribution in [0.1, 0.15) is 31.7 Å². The van der Waals surface area contributed by atoms with Crippen molar-refractivity contribution in [3.63, 3.8) is 0 Å². The Labute approximate surface area is 145 Å². The fourth-order valence-corrected chi connectivity index (χ4v) is 3.88. The molecule has 1 unspecified atom stereocenters. The van der Waals surface area contributed by atoms with Crippen LogP contribution in [0.15, 0.2) is 29.3 Å². The molecule has 0 radical (unpaired) electrons. The number of nitrogens with zero attached hydrogens (tertiary/aromatic N) is 2. The first kappa shape index (κ1) is 18.7. The van der Waals surface area contributed by atoms with Crippen molar-refractivity contribution in [3.8, 4) is 0 Å². The molecule has 1 aromatic carbocycles. The van der Waals surface area contributed by atoms with Crippen LogP contribution in [-0.4, -0.2) is 57.0 Å². The maximum Gasteiger partial charge on any atom is 0.193 e. The van der Waals surface area contributed by atoms with E-state index in [-0.39, 0.29) is 11.5 Å². The van der Waals surface area contributed by atoms with Crippen molar-refractivity contribution in [1.29, 1.82) is 0 Å². The molecule has 1 aromatic rings. The minimum Gasteiger partial charge on any atom is -0.370 e. The summed E-state index contributed by atoms with van der Waals surface area (Å²) < 4.78 is 22.8. The van der Waals surface area contributed by atoms with E-state index in [0.717, 1.165) is 18.7 Å². The van der Waals surface area contributed by atoms with Crippen LogP contribution in [-0.2, 0) is 9.84 Å². The second-order valence-corrected chi connectivity index (χ2v) is 8.62. The van der Waals surface area contributed by atoms with Gasteiger partial charge in [0.05, 0.1) is 18.1 Å². The van der Waals surface area contributed by atoms with Gasteiger partial charge in [0.15, 0.2) is 15.8 Å². The number of rotatable bonds is 6. The van der Waals surface area contributed by atoms with Crippen molar-refractivity contribution >= 4 is 21.5 Å². The molecule has 1 aliphatic heterocycles. The van der Waals surface area contributed by atoms with Crippen LogP contribution in [0.25, 0.3) is 0 Å². The molecule has 1 saturated heterocycles. The maximum absolute atomic E-state index is 11.4. The highest BCUT2D eigenvalue weighted by Gasteiger charge is 2.20. The molecule has 0 bridgehead atoms. The Bertz CT molecular complexity index is 642. The number of benzene rings is 1. The standard InChI is InChI=1S/C17H28N4O2S/c1-3-14(2)15-4-6-16(7-5-15)20-17(18)19-8-9-21-10-12-24(22,23)13-11-21/h4-7,14H,3,8-13H2,1-2H3,(H3,18,19,20). The van der Waals surface area contributed by atoms with Gasteiger partial charge in [0.1, 0.15) is 0 Å². The fraction of sp³-hybridized carbons (Fsp3) is 0.588. The zero-order chi connectivity index (χ0) is 17.6. The topological polar surface area (TPSA) is 87.8 Å². The lowest BCUT2D eigenvalue weighted by atomic mass is 9.99. The normalized spacial score (nSPS) is 19.8. The molecule has 2 rings (SSSR count). The molecule has 24 heavy (non-hydrogen) atoms. The van der Waals surface area contributed by atoms with Gasteiger partial charge in [-0.2, -0.15) is 0 Å². The molecule has 1 heterocycles. The largest absolute Gasteiger partial charge is 0.370 e. The molecular weight excluding hydrogens is 324 g/mol. The van der Waals surface area contributed by atoms with E-state index >= 15 is 0 Å². The third-order valence-corrected chi connectivity index (χ3v) is 6.11. The van der Waals surface area contributed by atoms with E-state index in [1.807, 2.05) is 12.1 Å². The Kier molecular flexibility index (Phi) is 6.62. The lowest BCUT2D eigenvalue weighted by molar-refractivity contribution is 0.304. The Balaban J connectivity index is 1.77. The zero-order valence-corrected chi connectivity index (χ0v) is 15.3. The predicted molar refractivity (Wildman–Crippen MR) is 100 cm³/mol. The minimum atomic E-state index is -2.82. The first-order chi connectivity index (χ1) is 11.4. The van der Waals surface area contributed by atoms with E-state index in [2.05, 4.69) is 41.2 Å². The molecule has 0 amide bonds. The summed E-state index contributed by atoms with van der Waals surface area (Å²) in [5, 5.41) is 3.09. The van der Waals surface area contributed by atoms with Crippen molar-refractivity contribution in [3.05, 3.63) is 29.8 Å². The van der Waals surface area contributed by atoms with Crippen LogP contribution >= 0.6 is 0 Å². The summed E-state index contributed by atoms with van der Waals surface area (Å²) in [6.07, 6.45) is 1.12. The fourth-order valence-electron chi connectivity index (χ4n) is 2.60.